The molecule has 0 spiro atoms. The number of H-pyrrole nitrogens is 1. The van der Waals surface area contributed by atoms with Gasteiger partial charge in [0.15, 0.2) is 0 Å². The molecule has 0 aliphatic rings. The Hall–Kier alpha value is -3.86. The van der Waals surface area contributed by atoms with Gasteiger partial charge in [0.25, 0.3) is 5.56 Å². The highest BCUT2D eigenvalue weighted by Gasteiger charge is 2.19. The summed E-state index contributed by atoms with van der Waals surface area (Å²) >= 11 is 0. The number of aromatic nitrogens is 2. The number of hydrogen-bond acceptors (Lipinski definition) is 3. The van der Waals surface area contributed by atoms with Crippen LogP contribution in [-0.2, 0) is 6.54 Å². The van der Waals surface area contributed by atoms with Gasteiger partial charge < -0.3 is 4.74 Å². The summed E-state index contributed by atoms with van der Waals surface area (Å²) < 4.78 is 6.78. The zero-order chi connectivity index (χ0) is 20.9. The smallest absolute Gasteiger partial charge is 0.280 e. The summed E-state index contributed by atoms with van der Waals surface area (Å²) in [6.45, 7) is 2.37. The molecule has 0 saturated heterocycles. The first-order valence-corrected chi connectivity index (χ1v) is 9.77. The molecule has 5 nitrogen and oxygen atoms in total. The third-order valence-electron chi connectivity index (χ3n) is 4.99. The molecule has 3 aromatic carbocycles. The minimum Gasteiger partial charge on any atom is -0.497 e. The normalized spacial score (nSPS) is 11.5. The van der Waals surface area contributed by atoms with Crippen molar-refractivity contribution < 1.29 is 4.74 Å². The number of hydrogen-bond donors (Lipinski definition) is 1. The van der Waals surface area contributed by atoms with Gasteiger partial charge in [0.1, 0.15) is 5.75 Å². The van der Waals surface area contributed by atoms with Gasteiger partial charge in [-0.25, -0.2) is 4.68 Å². The molecule has 0 atom stereocenters. The lowest BCUT2D eigenvalue weighted by molar-refractivity contribution is 0.414. The standard InChI is InChI=1S/C25H23N3O2/c1-18(26-17-19-13-15-22(30-2)16-14-19)23-24(20-9-5-3-6-10-20)27-28(25(23)29)21-11-7-4-8-12-21/h3-16,27H,17H2,1-2H3. The van der Waals surface area contributed by atoms with Crippen LogP contribution in [0.15, 0.2) is 94.7 Å². The molecule has 1 heterocycles. The average Bonchev–Trinajstić information content (AvgIpc) is 3.16. The maximum Gasteiger partial charge on any atom is 0.280 e. The van der Waals surface area contributed by atoms with E-state index >= 15 is 0 Å². The quantitative estimate of drug-likeness (QED) is 0.473. The second-order valence-electron chi connectivity index (χ2n) is 6.95. The summed E-state index contributed by atoms with van der Waals surface area (Å²) in [5.74, 6) is 0.808. The van der Waals surface area contributed by atoms with Crippen LogP contribution < -0.4 is 10.3 Å². The Bertz CT molecular complexity index is 1210. The molecule has 0 fully saturated rings. The van der Waals surface area contributed by atoms with Crippen LogP contribution in [0.1, 0.15) is 18.1 Å². The summed E-state index contributed by atoms with van der Waals surface area (Å²) in [5.41, 5.74) is 4.71. The van der Waals surface area contributed by atoms with Gasteiger partial charge in [0.05, 0.1) is 30.6 Å². The third-order valence-corrected chi connectivity index (χ3v) is 4.99. The molecule has 1 N–H and O–H groups in total. The van der Waals surface area contributed by atoms with Crippen LogP contribution in [0.5, 0.6) is 5.75 Å². The van der Waals surface area contributed by atoms with Gasteiger partial charge in [0, 0.05) is 11.3 Å². The number of nitrogens with zero attached hydrogens (tertiary/aromatic N) is 2. The maximum atomic E-state index is 13.3. The maximum absolute atomic E-state index is 13.3. The molecule has 150 valence electrons. The Labute approximate surface area is 175 Å². The van der Waals surface area contributed by atoms with Crippen molar-refractivity contribution in [3.8, 4) is 22.7 Å². The van der Waals surface area contributed by atoms with Gasteiger partial charge in [-0.15, -0.1) is 0 Å². The SMILES string of the molecule is COc1ccc(CN=C(C)c2c(-c3ccccc3)[nH]n(-c3ccccc3)c2=O)cc1. The minimum absolute atomic E-state index is 0.115. The van der Waals surface area contributed by atoms with Crippen molar-refractivity contribution in [1.29, 1.82) is 0 Å². The molecule has 0 amide bonds. The summed E-state index contributed by atoms with van der Waals surface area (Å²) in [6.07, 6.45) is 0. The minimum atomic E-state index is -0.115. The molecule has 30 heavy (non-hydrogen) atoms. The zero-order valence-corrected chi connectivity index (χ0v) is 17.0. The highest BCUT2D eigenvalue weighted by atomic mass is 16.5. The van der Waals surface area contributed by atoms with E-state index in [1.807, 2.05) is 91.9 Å². The van der Waals surface area contributed by atoms with Crippen LogP contribution in [0, 0.1) is 0 Å². The van der Waals surface area contributed by atoms with Crippen molar-refractivity contribution in [2.45, 2.75) is 13.5 Å². The Morgan fingerprint density at radius 2 is 1.57 bits per heavy atom. The van der Waals surface area contributed by atoms with E-state index in [-0.39, 0.29) is 5.56 Å². The molecule has 0 radical (unpaired) electrons. The number of para-hydroxylation sites is 1. The number of rotatable bonds is 6. The Morgan fingerprint density at radius 1 is 0.933 bits per heavy atom. The molecule has 1 aromatic heterocycles. The van der Waals surface area contributed by atoms with Gasteiger partial charge in [-0.05, 0) is 36.8 Å². The fourth-order valence-corrected chi connectivity index (χ4v) is 3.37. The van der Waals surface area contributed by atoms with Crippen molar-refractivity contribution in [1.82, 2.24) is 9.78 Å². The second-order valence-corrected chi connectivity index (χ2v) is 6.95. The number of ether oxygens (including phenoxy) is 1. The number of aliphatic imine (C=N–C) groups is 1. The molecule has 4 rings (SSSR count). The highest BCUT2D eigenvalue weighted by molar-refractivity contribution is 6.03. The van der Waals surface area contributed by atoms with Crippen LogP contribution in [0.25, 0.3) is 16.9 Å². The predicted molar refractivity (Wildman–Crippen MR) is 121 cm³/mol. The number of aromatic amines is 1. The topological polar surface area (TPSA) is 59.4 Å². The van der Waals surface area contributed by atoms with Crippen molar-refractivity contribution >= 4 is 5.71 Å². The van der Waals surface area contributed by atoms with E-state index in [0.717, 1.165) is 28.3 Å². The van der Waals surface area contributed by atoms with E-state index in [2.05, 4.69) is 5.10 Å². The first-order valence-electron chi connectivity index (χ1n) is 9.77. The van der Waals surface area contributed by atoms with Gasteiger partial charge >= 0.3 is 0 Å². The first-order chi connectivity index (χ1) is 14.7. The fourth-order valence-electron chi connectivity index (χ4n) is 3.37. The molecule has 0 aliphatic carbocycles. The van der Waals surface area contributed by atoms with E-state index < -0.39 is 0 Å². The summed E-state index contributed by atoms with van der Waals surface area (Å²) in [4.78, 5) is 18.1. The number of benzene rings is 3. The van der Waals surface area contributed by atoms with Crippen molar-refractivity contribution in [3.05, 3.63) is 106 Å². The van der Waals surface area contributed by atoms with Crippen molar-refractivity contribution in [2.24, 2.45) is 4.99 Å². The zero-order valence-electron chi connectivity index (χ0n) is 17.0. The lowest BCUT2D eigenvalue weighted by Gasteiger charge is -2.04. The predicted octanol–water partition coefficient (Wildman–Crippen LogP) is 4.85. The lowest BCUT2D eigenvalue weighted by Crippen LogP contribution is -2.19. The average molecular weight is 397 g/mol. The Kier molecular flexibility index (Phi) is 5.61. The largest absolute Gasteiger partial charge is 0.497 e. The molecule has 0 saturated carbocycles. The molecular weight excluding hydrogens is 374 g/mol. The van der Waals surface area contributed by atoms with Crippen LogP contribution in [-0.4, -0.2) is 22.6 Å². The lowest BCUT2D eigenvalue weighted by atomic mass is 10.1. The number of methoxy groups -OCH3 is 1. The molecular formula is C25H23N3O2. The van der Waals surface area contributed by atoms with Crippen LogP contribution in [0.4, 0.5) is 0 Å². The van der Waals surface area contributed by atoms with Gasteiger partial charge in [0.2, 0.25) is 0 Å². The monoisotopic (exact) mass is 397 g/mol. The molecule has 0 unspecified atom stereocenters. The van der Waals surface area contributed by atoms with Gasteiger partial charge in [-0.3, -0.25) is 14.9 Å². The van der Waals surface area contributed by atoms with Gasteiger partial charge in [-0.2, -0.15) is 0 Å². The Morgan fingerprint density at radius 3 is 2.20 bits per heavy atom. The van der Waals surface area contributed by atoms with Crippen molar-refractivity contribution in [2.75, 3.05) is 7.11 Å². The van der Waals surface area contributed by atoms with E-state index in [1.165, 1.54) is 0 Å². The molecule has 0 bridgehead atoms. The summed E-state index contributed by atoms with van der Waals surface area (Å²) in [7, 11) is 1.64. The van der Waals surface area contributed by atoms with Crippen LogP contribution in [0.3, 0.4) is 0 Å². The fraction of sp³-hybridized carbons (Fsp3) is 0.120. The number of nitrogens with one attached hydrogen (secondary N) is 1. The van der Waals surface area contributed by atoms with E-state index in [4.69, 9.17) is 9.73 Å². The second kappa shape index (κ2) is 8.66. The molecule has 4 aromatic rings. The summed E-state index contributed by atoms with van der Waals surface area (Å²) in [6, 6.07) is 27.2. The van der Waals surface area contributed by atoms with Gasteiger partial charge in [-0.1, -0.05) is 60.7 Å². The molecule has 0 aliphatic heterocycles. The highest BCUT2D eigenvalue weighted by Crippen LogP contribution is 2.22. The first kappa shape index (κ1) is 19.5. The van der Waals surface area contributed by atoms with E-state index in [1.54, 1.807) is 11.8 Å². The van der Waals surface area contributed by atoms with Crippen molar-refractivity contribution in [3.63, 3.8) is 0 Å². The molecule has 5 heteroatoms. The Balaban J connectivity index is 1.76. The summed E-state index contributed by atoms with van der Waals surface area (Å²) in [5, 5.41) is 3.28. The van der Waals surface area contributed by atoms with E-state index in [0.29, 0.717) is 17.8 Å². The van der Waals surface area contributed by atoms with E-state index in [9.17, 15) is 4.79 Å². The third kappa shape index (κ3) is 3.96. The van der Waals surface area contributed by atoms with Crippen LogP contribution >= 0.6 is 0 Å². The van der Waals surface area contributed by atoms with Crippen LogP contribution in [0.2, 0.25) is 0 Å².